The fraction of sp³-hybridized carbons (Fsp3) is 0.594. The number of fused-ring (bicyclic) bond motifs is 1. The number of rotatable bonds is 15. The van der Waals surface area contributed by atoms with E-state index in [9.17, 15) is 19.5 Å². The van der Waals surface area contributed by atoms with Crippen molar-refractivity contribution in [3.63, 3.8) is 0 Å². The molecule has 0 aliphatic carbocycles. The Labute approximate surface area is 238 Å². The van der Waals surface area contributed by atoms with Crippen LogP contribution in [-0.4, -0.2) is 87.6 Å². The average molecular weight is 552 g/mol. The molecule has 3 aliphatic heterocycles. The van der Waals surface area contributed by atoms with Crippen LogP contribution in [0.4, 0.5) is 0 Å². The average Bonchev–Trinajstić information content (AvgIpc) is 3.56. The van der Waals surface area contributed by atoms with Gasteiger partial charge < -0.3 is 24.5 Å². The van der Waals surface area contributed by atoms with Gasteiger partial charge in [-0.3, -0.25) is 14.4 Å². The van der Waals surface area contributed by atoms with E-state index in [2.05, 4.69) is 20.1 Å². The summed E-state index contributed by atoms with van der Waals surface area (Å²) in [5, 5.41) is 9.92. The third-order valence-electron chi connectivity index (χ3n) is 9.09. The lowest BCUT2D eigenvalue weighted by molar-refractivity contribution is -0.155. The minimum atomic E-state index is -1.10. The number of unbranched alkanes of at least 4 members (excludes halogenated alkanes) is 2. The lowest BCUT2D eigenvalue weighted by atomic mass is 9.64. The van der Waals surface area contributed by atoms with Gasteiger partial charge in [0.1, 0.15) is 11.6 Å². The fourth-order valence-electron chi connectivity index (χ4n) is 7.28. The summed E-state index contributed by atoms with van der Waals surface area (Å²) < 4.78 is 6.88. The van der Waals surface area contributed by atoms with Gasteiger partial charge in [0.25, 0.3) is 0 Å². The van der Waals surface area contributed by atoms with Crippen LogP contribution in [0.2, 0.25) is 0 Å². The number of β-amino-alcohol motifs (C(OH)–C–C–N with tert-alkyl or cyclic N) is 1. The molecule has 1 N–H and O–H groups in total. The van der Waals surface area contributed by atoms with Crippen molar-refractivity contribution in [2.75, 3.05) is 32.8 Å². The summed E-state index contributed by atoms with van der Waals surface area (Å²) in [4.78, 5) is 47.8. The Morgan fingerprint density at radius 1 is 1.07 bits per heavy atom. The van der Waals surface area contributed by atoms with Gasteiger partial charge in [-0.05, 0) is 31.2 Å². The number of ether oxygens (including phenoxy) is 1. The highest BCUT2D eigenvalue weighted by Gasteiger charge is 2.79. The molecule has 3 aliphatic rings. The molecule has 1 aromatic carbocycles. The van der Waals surface area contributed by atoms with E-state index in [-0.39, 0.29) is 30.9 Å². The van der Waals surface area contributed by atoms with Crippen LogP contribution in [0.5, 0.6) is 0 Å². The third-order valence-corrected chi connectivity index (χ3v) is 9.09. The molecule has 8 nitrogen and oxygen atoms in total. The van der Waals surface area contributed by atoms with Gasteiger partial charge in [0.05, 0.1) is 24.0 Å². The van der Waals surface area contributed by atoms with Crippen LogP contribution in [0.3, 0.4) is 0 Å². The predicted octanol–water partition coefficient (Wildman–Crippen LogP) is 3.55. The highest BCUT2D eigenvalue weighted by molar-refractivity contribution is 5.99. The zero-order chi connectivity index (χ0) is 28.9. The Morgan fingerprint density at radius 2 is 1.77 bits per heavy atom. The van der Waals surface area contributed by atoms with Crippen molar-refractivity contribution >= 4 is 17.7 Å². The maximum absolute atomic E-state index is 14.4. The largest absolute Gasteiger partial charge is 0.395 e. The highest BCUT2D eigenvalue weighted by atomic mass is 16.5. The Bertz CT molecular complexity index is 1090. The van der Waals surface area contributed by atoms with Crippen molar-refractivity contribution in [2.24, 2.45) is 11.8 Å². The lowest BCUT2D eigenvalue weighted by Gasteiger charge is -2.37. The molecule has 5 atom stereocenters. The second-order valence-corrected chi connectivity index (χ2v) is 11.4. The van der Waals surface area contributed by atoms with E-state index in [1.165, 1.54) is 4.90 Å². The van der Waals surface area contributed by atoms with Gasteiger partial charge in [-0.25, -0.2) is 0 Å². The van der Waals surface area contributed by atoms with Gasteiger partial charge in [0.2, 0.25) is 17.7 Å². The standard InChI is InChI=1S/C32H45N3O5/c1-5-9-13-20-33(18-6-2)30(39)27-32-17-16-31(8-4,40-32)25(26(32)29(38)35(27)21-22-36)28(37)34(19-7-3)23-24-14-11-10-12-15-24/h6-7,10-12,14-15,25-27,36H,2-3,5,8-9,13,16-23H2,1,4H3/t25-,26+,27?,31+,32?/m1/s1. The smallest absolute Gasteiger partial charge is 0.248 e. The first-order valence-electron chi connectivity index (χ1n) is 14.8. The highest BCUT2D eigenvalue weighted by Crippen LogP contribution is 2.64. The molecule has 2 unspecified atom stereocenters. The molecule has 0 saturated carbocycles. The topological polar surface area (TPSA) is 90.4 Å². The molecule has 0 radical (unpaired) electrons. The molecule has 218 valence electrons. The molecule has 3 saturated heterocycles. The molecule has 3 heterocycles. The molecular weight excluding hydrogens is 506 g/mol. The summed E-state index contributed by atoms with van der Waals surface area (Å²) in [6.07, 6.45) is 7.97. The van der Waals surface area contributed by atoms with E-state index >= 15 is 0 Å². The van der Waals surface area contributed by atoms with Crippen molar-refractivity contribution in [2.45, 2.75) is 76.2 Å². The molecule has 40 heavy (non-hydrogen) atoms. The van der Waals surface area contributed by atoms with Crippen LogP contribution in [0.1, 0.15) is 57.9 Å². The molecule has 1 spiro atoms. The zero-order valence-electron chi connectivity index (χ0n) is 24.1. The SMILES string of the molecule is C=CCN(CCCCC)C(=O)C1N(CCO)C(=O)[C@@H]2[C@H](C(=O)N(CC=C)Cc3ccccc3)[C@]3(CC)CCC12O3. The molecule has 3 amide bonds. The van der Waals surface area contributed by atoms with E-state index in [1.54, 1.807) is 22.0 Å². The van der Waals surface area contributed by atoms with Crippen molar-refractivity contribution in [1.82, 2.24) is 14.7 Å². The maximum atomic E-state index is 14.4. The van der Waals surface area contributed by atoms with Crippen molar-refractivity contribution in [1.29, 1.82) is 0 Å². The van der Waals surface area contributed by atoms with Gasteiger partial charge in [0, 0.05) is 32.7 Å². The van der Waals surface area contributed by atoms with Crippen LogP contribution in [-0.2, 0) is 25.7 Å². The summed E-state index contributed by atoms with van der Waals surface area (Å²) in [5.41, 5.74) is -0.930. The van der Waals surface area contributed by atoms with E-state index in [0.29, 0.717) is 45.4 Å². The first kappa shape index (κ1) is 30.0. The number of hydrogen-bond donors (Lipinski definition) is 1. The molecular formula is C32H45N3O5. The third kappa shape index (κ3) is 5.12. The Morgan fingerprint density at radius 3 is 2.40 bits per heavy atom. The minimum absolute atomic E-state index is 0.0220. The summed E-state index contributed by atoms with van der Waals surface area (Å²) >= 11 is 0. The number of hydrogen-bond acceptors (Lipinski definition) is 5. The summed E-state index contributed by atoms with van der Waals surface area (Å²) in [6, 6.07) is 8.88. The fourth-order valence-corrected chi connectivity index (χ4v) is 7.28. The van der Waals surface area contributed by atoms with Gasteiger partial charge >= 0.3 is 0 Å². The monoisotopic (exact) mass is 551 g/mol. The van der Waals surface area contributed by atoms with E-state index in [4.69, 9.17) is 4.74 Å². The molecule has 2 bridgehead atoms. The molecule has 4 rings (SSSR count). The zero-order valence-corrected chi connectivity index (χ0v) is 24.1. The van der Waals surface area contributed by atoms with Crippen LogP contribution in [0, 0.1) is 11.8 Å². The Kier molecular flexibility index (Phi) is 9.52. The summed E-state index contributed by atoms with van der Waals surface area (Å²) in [6.45, 7) is 13.2. The van der Waals surface area contributed by atoms with E-state index in [1.807, 2.05) is 37.3 Å². The molecule has 8 heteroatoms. The second kappa shape index (κ2) is 12.7. The van der Waals surface area contributed by atoms with E-state index in [0.717, 1.165) is 24.8 Å². The van der Waals surface area contributed by atoms with Crippen molar-refractivity contribution in [3.05, 3.63) is 61.2 Å². The number of carbonyl (C=O) groups is 3. The number of likely N-dealkylation sites (tertiary alicyclic amines) is 1. The van der Waals surface area contributed by atoms with Crippen LogP contribution >= 0.6 is 0 Å². The lowest BCUT2D eigenvalue weighted by Crippen LogP contribution is -2.56. The van der Waals surface area contributed by atoms with E-state index < -0.39 is 29.1 Å². The quantitative estimate of drug-likeness (QED) is 0.266. The normalized spacial score (nSPS) is 28.4. The van der Waals surface area contributed by atoms with Crippen molar-refractivity contribution in [3.8, 4) is 0 Å². The first-order chi connectivity index (χ1) is 19.3. The van der Waals surface area contributed by atoms with Gasteiger partial charge in [-0.2, -0.15) is 0 Å². The molecule has 0 aromatic heterocycles. The molecule has 1 aromatic rings. The van der Waals surface area contributed by atoms with Crippen molar-refractivity contribution < 1.29 is 24.2 Å². The van der Waals surface area contributed by atoms with Crippen LogP contribution in [0.15, 0.2) is 55.6 Å². The Balaban J connectivity index is 1.73. The number of benzene rings is 1. The Hall–Kier alpha value is -2.97. The number of carbonyl (C=O) groups excluding carboxylic acids is 3. The number of aliphatic hydroxyl groups is 1. The van der Waals surface area contributed by atoms with Gasteiger partial charge in [-0.15, -0.1) is 13.2 Å². The van der Waals surface area contributed by atoms with Gasteiger partial charge in [-0.1, -0.05) is 69.2 Å². The molecule has 3 fully saturated rings. The van der Waals surface area contributed by atoms with Crippen LogP contribution < -0.4 is 0 Å². The number of amides is 3. The summed E-state index contributed by atoms with van der Waals surface area (Å²) in [5.74, 6) is -2.10. The van der Waals surface area contributed by atoms with Crippen LogP contribution in [0.25, 0.3) is 0 Å². The van der Waals surface area contributed by atoms with Gasteiger partial charge in [0.15, 0.2) is 0 Å². The number of nitrogens with zero attached hydrogens (tertiary/aromatic N) is 3. The summed E-state index contributed by atoms with van der Waals surface area (Å²) in [7, 11) is 0. The minimum Gasteiger partial charge on any atom is -0.395 e. The maximum Gasteiger partial charge on any atom is 0.248 e. The second-order valence-electron chi connectivity index (χ2n) is 11.4. The predicted molar refractivity (Wildman–Crippen MR) is 154 cm³/mol. The first-order valence-corrected chi connectivity index (χ1v) is 14.8. The number of aliphatic hydroxyl groups excluding tert-OH is 1.